The van der Waals surface area contributed by atoms with E-state index in [0.717, 1.165) is 32.2 Å². The highest BCUT2D eigenvalue weighted by Crippen LogP contribution is 2.36. The fourth-order valence-corrected chi connectivity index (χ4v) is 2.84. The molecule has 6 nitrogen and oxygen atoms in total. The molecule has 2 aliphatic carbocycles. The molecule has 0 bridgehead atoms. The van der Waals surface area contributed by atoms with E-state index in [2.05, 4.69) is 5.32 Å². The summed E-state index contributed by atoms with van der Waals surface area (Å²) in [4.78, 5) is 37.1. The topological polar surface area (TPSA) is 86.7 Å². The maximum atomic E-state index is 12.2. The molecule has 110 valence electrons. The highest BCUT2D eigenvalue weighted by atomic mass is 16.4. The van der Waals surface area contributed by atoms with Crippen LogP contribution in [-0.4, -0.2) is 46.4 Å². The Kier molecular flexibility index (Phi) is 3.18. The molecule has 0 radical (unpaired) electrons. The van der Waals surface area contributed by atoms with Gasteiger partial charge in [-0.3, -0.25) is 9.59 Å². The Labute approximate surface area is 117 Å². The lowest BCUT2D eigenvalue weighted by molar-refractivity contribution is -0.145. The largest absolute Gasteiger partial charge is 0.480 e. The summed E-state index contributed by atoms with van der Waals surface area (Å²) >= 11 is 0. The van der Waals surface area contributed by atoms with Crippen molar-refractivity contribution in [3.63, 3.8) is 0 Å². The maximum Gasteiger partial charge on any atom is 0.329 e. The third-order valence-corrected chi connectivity index (χ3v) is 4.55. The summed E-state index contributed by atoms with van der Waals surface area (Å²) in [6.45, 7) is 1.17. The van der Waals surface area contributed by atoms with Crippen molar-refractivity contribution in [3.05, 3.63) is 0 Å². The molecule has 0 aromatic heterocycles. The van der Waals surface area contributed by atoms with Crippen LogP contribution >= 0.6 is 0 Å². The van der Waals surface area contributed by atoms with Crippen LogP contribution in [0.2, 0.25) is 0 Å². The molecule has 1 heterocycles. The number of amides is 2. The molecule has 0 spiro atoms. The summed E-state index contributed by atoms with van der Waals surface area (Å²) in [5, 5.41) is 11.8. The Morgan fingerprint density at radius 3 is 2.35 bits per heavy atom. The van der Waals surface area contributed by atoms with E-state index in [0.29, 0.717) is 19.4 Å². The number of nitrogens with zero attached hydrogens (tertiary/aromatic N) is 1. The Balaban J connectivity index is 1.57. The lowest BCUT2D eigenvalue weighted by Crippen LogP contribution is -2.50. The first-order valence-corrected chi connectivity index (χ1v) is 7.36. The number of nitrogens with one attached hydrogen (secondary N) is 1. The molecule has 0 aromatic carbocycles. The number of hydrogen-bond donors (Lipinski definition) is 2. The lowest BCUT2D eigenvalue weighted by atomic mass is 9.96. The average Bonchev–Trinajstić information content (AvgIpc) is 3.31. The zero-order chi connectivity index (χ0) is 14.3. The van der Waals surface area contributed by atoms with Crippen molar-refractivity contribution < 1.29 is 19.5 Å². The van der Waals surface area contributed by atoms with Crippen molar-refractivity contribution in [1.82, 2.24) is 10.2 Å². The van der Waals surface area contributed by atoms with Crippen molar-refractivity contribution >= 4 is 17.8 Å². The molecule has 2 amide bonds. The summed E-state index contributed by atoms with van der Waals surface area (Å²) in [6, 6.07) is 0. The van der Waals surface area contributed by atoms with Gasteiger partial charge in [0.2, 0.25) is 11.8 Å². The number of hydrogen-bond acceptors (Lipinski definition) is 3. The van der Waals surface area contributed by atoms with Crippen LogP contribution in [0.25, 0.3) is 0 Å². The van der Waals surface area contributed by atoms with E-state index in [-0.39, 0.29) is 23.7 Å². The van der Waals surface area contributed by atoms with Gasteiger partial charge in [-0.25, -0.2) is 4.79 Å². The minimum absolute atomic E-state index is 0.168. The average molecular weight is 280 g/mol. The second-order valence-electron chi connectivity index (χ2n) is 6.27. The SMILES string of the molecule is O=C(NC1(C(=O)O)CC1)C1CCCN(C(=O)C2CC2)C1. The van der Waals surface area contributed by atoms with E-state index in [1.807, 2.05) is 0 Å². The minimum atomic E-state index is -1.03. The third kappa shape index (κ3) is 2.51. The normalized spacial score (nSPS) is 27.8. The Hall–Kier alpha value is -1.59. The van der Waals surface area contributed by atoms with Crippen LogP contribution in [0.15, 0.2) is 0 Å². The van der Waals surface area contributed by atoms with Gasteiger partial charge in [-0.15, -0.1) is 0 Å². The predicted octanol–water partition coefficient (Wildman–Crippen LogP) is 0.368. The summed E-state index contributed by atoms with van der Waals surface area (Å²) < 4.78 is 0. The quantitative estimate of drug-likeness (QED) is 0.779. The van der Waals surface area contributed by atoms with Crippen molar-refractivity contribution in [2.24, 2.45) is 11.8 Å². The summed E-state index contributed by atoms with van der Waals surface area (Å²) in [5.41, 5.74) is -1.03. The van der Waals surface area contributed by atoms with Crippen LogP contribution in [-0.2, 0) is 14.4 Å². The molecule has 3 rings (SSSR count). The molecule has 20 heavy (non-hydrogen) atoms. The second kappa shape index (κ2) is 4.75. The fraction of sp³-hybridized carbons (Fsp3) is 0.786. The standard InChI is InChI=1S/C14H20N2O4/c17-11(15-14(5-6-14)13(19)20)10-2-1-7-16(8-10)12(18)9-3-4-9/h9-10H,1-8H2,(H,15,17)(H,19,20). The fourth-order valence-electron chi connectivity index (χ4n) is 2.84. The summed E-state index contributed by atoms with van der Waals surface area (Å²) in [7, 11) is 0. The highest BCUT2D eigenvalue weighted by Gasteiger charge is 2.52. The number of aliphatic carboxylic acids is 1. The van der Waals surface area contributed by atoms with Gasteiger partial charge in [0.05, 0.1) is 5.92 Å². The minimum Gasteiger partial charge on any atom is -0.480 e. The first-order chi connectivity index (χ1) is 9.52. The zero-order valence-corrected chi connectivity index (χ0v) is 11.4. The number of carbonyl (C=O) groups is 3. The molecule has 1 saturated heterocycles. The highest BCUT2D eigenvalue weighted by molar-refractivity contribution is 5.91. The first-order valence-electron chi connectivity index (χ1n) is 7.36. The lowest BCUT2D eigenvalue weighted by Gasteiger charge is -2.32. The van der Waals surface area contributed by atoms with Crippen LogP contribution in [0.5, 0.6) is 0 Å². The number of carboxylic acids is 1. The molecular formula is C14H20N2O4. The van der Waals surface area contributed by atoms with Crippen LogP contribution < -0.4 is 5.32 Å². The molecule has 1 unspecified atom stereocenters. The molecule has 2 N–H and O–H groups in total. The summed E-state index contributed by atoms with van der Waals surface area (Å²) in [5.74, 6) is -1.08. The second-order valence-corrected chi connectivity index (χ2v) is 6.27. The van der Waals surface area contributed by atoms with Gasteiger partial charge in [0.15, 0.2) is 0 Å². The van der Waals surface area contributed by atoms with E-state index >= 15 is 0 Å². The van der Waals surface area contributed by atoms with E-state index in [1.165, 1.54) is 0 Å². The van der Waals surface area contributed by atoms with Crippen molar-refractivity contribution in [3.8, 4) is 0 Å². The molecule has 1 atom stereocenters. The smallest absolute Gasteiger partial charge is 0.329 e. The van der Waals surface area contributed by atoms with E-state index in [1.54, 1.807) is 4.90 Å². The molecule has 6 heteroatoms. The molecule has 2 saturated carbocycles. The van der Waals surface area contributed by atoms with Gasteiger partial charge in [-0.2, -0.15) is 0 Å². The van der Waals surface area contributed by atoms with Crippen LogP contribution in [0, 0.1) is 11.8 Å². The van der Waals surface area contributed by atoms with Crippen molar-refractivity contribution in [2.75, 3.05) is 13.1 Å². The van der Waals surface area contributed by atoms with Crippen molar-refractivity contribution in [2.45, 2.75) is 44.1 Å². The Morgan fingerprint density at radius 2 is 1.80 bits per heavy atom. The third-order valence-electron chi connectivity index (χ3n) is 4.55. The van der Waals surface area contributed by atoms with Crippen LogP contribution in [0.1, 0.15) is 38.5 Å². The van der Waals surface area contributed by atoms with E-state index in [9.17, 15) is 14.4 Å². The van der Waals surface area contributed by atoms with Gasteiger partial charge in [0.25, 0.3) is 0 Å². The van der Waals surface area contributed by atoms with Gasteiger partial charge in [-0.1, -0.05) is 0 Å². The molecular weight excluding hydrogens is 260 g/mol. The van der Waals surface area contributed by atoms with Gasteiger partial charge >= 0.3 is 5.97 Å². The Bertz CT molecular complexity index is 454. The van der Waals surface area contributed by atoms with Gasteiger partial charge in [-0.05, 0) is 38.5 Å². The van der Waals surface area contributed by atoms with Crippen molar-refractivity contribution in [1.29, 1.82) is 0 Å². The van der Waals surface area contributed by atoms with E-state index < -0.39 is 11.5 Å². The van der Waals surface area contributed by atoms with Crippen LogP contribution in [0.4, 0.5) is 0 Å². The number of piperidine rings is 1. The van der Waals surface area contributed by atoms with E-state index in [4.69, 9.17) is 5.11 Å². The number of rotatable bonds is 4. The zero-order valence-electron chi connectivity index (χ0n) is 11.4. The predicted molar refractivity (Wildman–Crippen MR) is 69.8 cm³/mol. The molecule has 3 fully saturated rings. The number of carboxylic acid groups (broad SMARTS) is 1. The Morgan fingerprint density at radius 1 is 1.10 bits per heavy atom. The summed E-state index contributed by atoms with van der Waals surface area (Å²) in [6.07, 6.45) is 4.49. The number of likely N-dealkylation sites (tertiary alicyclic amines) is 1. The molecule has 0 aromatic rings. The number of carbonyl (C=O) groups excluding carboxylic acids is 2. The molecule has 3 aliphatic rings. The molecule has 1 aliphatic heterocycles. The monoisotopic (exact) mass is 280 g/mol. The van der Waals surface area contributed by atoms with Gasteiger partial charge < -0.3 is 15.3 Å². The maximum absolute atomic E-state index is 12.2. The van der Waals surface area contributed by atoms with Gasteiger partial charge in [0.1, 0.15) is 5.54 Å². The van der Waals surface area contributed by atoms with Crippen LogP contribution in [0.3, 0.4) is 0 Å². The van der Waals surface area contributed by atoms with Gasteiger partial charge in [0, 0.05) is 19.0 Å². The first kappa shape index (κ1) is 13.4.